The molecule has 1 N–H and O–H groups in total. The number of hydrogen-bond donors (Lipinski definition) is 1. The summed E-state index contributed by atoms with van der Waals surface area (Å²) in [5.41, 5.74) is 0. The van der Waals surface area contributed by atoms with Gasteiger partial charge in [0.05, 0.1) is 26.4 Å². The summed E-state index contributed by atoms with van der Waals surface area (Å²) in [7, 11) is 0. The molecule has 77 heavy (non-hydrogen) atoms. The minimum Gasteiger partial charge on any atom is -0.466 e. The average Bonchev–Trinajstić information content (AvgIpc) is 3.42. The van der Waals surface area contributed by atoms with Gasteiger partial charge in [0.2, 0.25) is 0 Å². The largest absolute Gasteiger partial charge is 0.466 e. The molecule has 0 saturated carbocycles. The number of hydrogen-bond acceptors (Lipinski definition) is 9. The standard InChI is InChI=1S/C68H134N2O7/c1-4-7-10-13-16-19-22-25-28-31-40-49-63-75-66(72)53-43-34-37-46-56-69(57-47-38-35-44-54-67(73)76-64-50-41-32-29-26-23-20-17-14-11-8-5-2)59-52-60-70(61-62-71)58-48-39-36-45-55-68(74)77-65-51-42-33-30-27-24-21-18-15-12-9-6-3/h71H,4-65H2,1-3H3. The van der Waals surface area contributed by atoms with Gasteiger partial charge in [-0.25, -0.2) is 0 Å². The molecule has 0 fully saturated rings. The SMILES string of the molecule is CCCCCCCCCCCCCCOC(=O)CCCCCCN(CCO)CCCN(CCCCCCC(=O)OCCCCCCCCCCCCCC)CCCCCCC(=O)OCCCCCCCCCCCCCC. The van der Waals surface area contributed by atoms with Crippen LogP contribution in [0.3, 0.4) is 0 Å². The number of carbonyl (C=O) groups excluding carboxylic acids is 3. The van der Waals surface area contributed by atoms with Crippen molar-refractivity contribution in [1.29, 1.82) is 0 Å². The lowest BCUT2D eigenvalue weighted by atomic mass is 10.1. The summed E-state index contributed by atoms with van der Waals surface area (Å²) in [6.45, 7) is 14.6. The van der Waals surface area contributed by atoms with Crippen LogP contribution in [0.15, 0.2) is 0 Å². The molecule has 9 heteroatoms. The Labute approximate surface area is 479 Å². The van der Waals surface area contributed by atoms with Crippen molar-refractivity contribution in [2.45, 2.75) is 355 Å². The summed E-state index contributed by atoms with van der Waals surface area (Å²) in [6.07, 6.45) is 62.3. The minimum atomic E-state index is -0.0419. The molecule has 0 radical (unpaired) electrons. The van der Waals surface area contributed by atoms with Crippen molar-refractivity contribution < 1.29 is 33.7 Å². The first-order chi connectivity index (χ1) is 38.0. The Morgan fingerprint density at radius 1 is 0.247 bits per heavy atom. The number of ether oxygens (including phenoxy) is 3. The highest BCUT2D eigenvalue weighted by Gasteiger charge is 2.11. The number of carbonyl (C=O) groups is 3. The second-order valence-electron chi connectivity index (χ2n) is 23.6. The first-order valence-corrected chi connectivity index (χ1v) is 34.5. The van der Waals surface area contributed by atoms with E-state index in [0.717, 1.165) is 155 Å². The summed E-state index contributed by atoms with van der Waals surface area (Å²) < 4.78 is 16.7. The Hall–Kier alpha value is -1.71. The van der Waals surface area contributed by atoms with Gasteiger partial charge in [0.15, 0.2) is 0 Å². The quantitative estimate of drug-likeness (QED) is 0.0362. The van der Waals surface area contributed by atoms with Crippen molar-refractivity contribution in [2.24, 2.45) is 0 Å². The van der Waals surface area contributed by atoms with Gasteiger partial charge in [0.25, 0.3) is 0 Å². The van der Waals surface area contributed by atoms with Gasteiger partial charge in [-0.05, 0) is 96.9 Å². The van der Waals surface area contributed by atoms with Crippen molar-refractivity contribution in [3.8, 4) is 0 Å². The Bertz CT molecular complexity index is 1130. The van der Waals surface area contributed by atoms with Crippen LogP contribution < -0.4 is 0 Å². The van der Waals surface area contributed by atoms with E-state index in [4.69, 9.17) is 14.2 Å². The molecule has 0 aromatic rings. The zero-order chi connectivity index (χ0) is 55.8. The predicted molar refractivity (Wildman–Crippen MR) is 330 cm³/mol. The molecule has 0 saturated heterocycles. The zero-order valence-corrected chi connectivity index (χ0v) is 52.1. The smallest absolute Gasteiger partial charge is 0.305 e. The van der Waals surface area contributed by atoms with Crippen LogP contribution in [0.4, 0.5) is 0 Å². The lowest BCUT2D eigenvalue weighted by Crippen LogP contribution is -2.33. The van der Waals surface area contributed by atoms with Gasteiger partial charge in [-0.1, -0.05) is 271 Å². The summed E-state index contributed by atoms with van der Waals surface area (Å²) in [5, 5.41) is 9.87. The molecule has 0 aliphatic heterocycles. The minimum absolute atomic E-state index is 0.0323. The number of unbranched alkanes of at least 4 members (excludes halogenated alkanes) is 42. The van der Waals surface area contributed by atoms with Gasteiger partial charge in [-0.2, -0.15) is 0 Å². The van der Waals surface area contributed by atoms with E-state index >= 15 is 0 Å². The van der Waals surface area contributed by atoms with Crippen LogP contribution in [0.1, 0.15) is 355 Å². The van der Waals surface area contributed by atoms with Crippen LogP contribution in [0.5, 0.6) is 0 Å². The highest BCUT2D eigenvalue weighted by Crippen LogP contribution is 2.17. The second-order valence-corrected chi connectivity index (χ2v) is 23.6. The third-order valence-corrected chi connectivity index (χ3v) is 16.0. The summed E-state index contributed by atoms with van der Waals surface area (Å²) in [6, 6.07) is 0. The monoisotopic (exact) mass is 1090 g/mol. The van der Waals surface area contributed by atoms with Gasteiger partial charge in [-0.3, -0.25) is 14.4 Å². The molecule has 0 unspecified atom stereocenters. The lowest BCUT2D eigenvalue weighted by Gasteiger charge is -2.26. The van der Waals surface area contributed by atoms with Gasteiger partial charge in [0, 0.05) is 25.8 Å². The maximum atomic E-state index is 12.4. The topological polar surface area (TPSA) is 106 Å². The highest BCUT2D eigenvalue weighted by atomic mass is 16.5. The number of rotatable bonds is 66. The van der Waals surface area contributed by atoms with Crippen LogP contribution in [0.2, 0.25) is 0 Å². The first kappa shape index (κ1) is 75.3. The van der Waals surface area contributed by atoms with Crippen LogP contribution in [0.25, 0.3) is 0 Å². The van der Waals surface area contributed by atoms with Crippen molar-refractivity contribution in [1.82, 2.24) is 9.80 Å². The van der Waals surface area contributed by atoms with E-state index in [0.29, 0.717) is 45.6 Å². The number of aliphatic hydroxyl groups excluding tert-OH is 1. The Morgan fingerprint density at radius 3 is 0.688 bits per heavy atom. The zero-order valence-electron chi connectivity index (χ0n) is 52.1. The summed E-state index contributed by atoms with van der Waals surface area (Å²) in [5.74, 6) is -0.107. The van der Waals surface area contributed by atoms with E-state index in [1.165, 1.54) is 193 Å². The average molecular weight is 1090 g/mol. The van der Waals surface area contributed by atoms with E-state index in [2.05, 4.69) is 30.6 Å². The Kier molecular flexibility index (Phi) is 63.7. The fourth-order valence-electron chi connectivity index (χ4n) is 10.8. The molecule has 0 aromatic carbocycles. The van der Waals surface area contributed by atoms with Crippen LogP contribution in [-0.2, 0) is 28.6 Å². The predicted octanol–water partition coefficient (Wildman–Crippen LogP) is 19.6. The number of aliphatic hydroxyl groups is 1. The Balaban J connectivity index is 4.44. The van der Waals surface area contributed by atoms with E-state index in [9.17, 15) is 19.5 Å². The molecule has 9 nitrogen and oxygen atoms in total. The molecule has 0 atom stereocenters. The lowest BCUT2D eigenvalue weighted by molar-refractivity contribution is -0.144. The van der Waals surface area contributed by atoms with Gasteiger partial charge < -0.3 is 29.1 Å². The number of nitrogens with zero attached hydrogens (tertiary/aromatic N) is 2. The molecule has 0 rings (SSSR count). The van der Waals surface area contributed by atoms with Crippen LogP contribution >= 0.6 is 0 Å². The van der Waals surface area contributed by atoms with Crippen molar-refractivity contribution >= 4 is 17.9 Å². The van der Waals surface area contributed by atoms with Crippen molar-refractivity contribution in [3.63, 3.8) is 0 Å². The first-order valence-electron chi connectivity index (χ1n) is 34.5. The van der Waals surface area contributed by atoms with Crippen molar-refractivity contribution in [2.75, 3.05) is 65.7 Å². The fraction of sp³-hybridized carbons (Fsp3) is 0.956. The molecule has 0 aliphatic carbocycles. The second kappa shape index (κ2) is 65.1. The molecule has 0 spiro atoms. The normalized spacial score (nSPS) is 11.6. The molecule has 0 heterocycles. The van der Waals surface area contributed by atoms with Crippen molar-refractivity contribution in [3.05, 3.63) is 0 Å². The summed E-state index contributed by atoms with van der Waals surface area (Å²) in [4.78, 5) is 42.2. The maximum Gasteiger partial charge on any atom is 0.305 e. The highest BCUT2D eigenvalue weighted by molar-refractivity contribution is 5.69. The molecule has 0 aliphatic rings. The van der Waals surface area contributed by atoms with Gasteiger partial charge in [-0.15, -0.1) is 0 Å². The van der Waals surface area contributed by atoms with E-state index in [1.807, 2.05) is 0 Å². The number of esters is 3. The van der Waals surface area contributed by atoms with Crippen LogP contribution in [0, 0.1) is 0 Å². The molecule has 0 aromatic heterocycles. The van der Waals surface area contributed by atoms with Gasteiger partial charge in [0.1, 0.15) is 0 Å². The van der Waals surface area contributed by atoms with E-state index in [-0.39, 0.29) is 24.5 Å². The Morgan fingerprint density at radius 2 is 0.442 bits per heavy atom. The molecular formula is C68H134N2O7. The fourth-order valence-corrected chi connectivity index (χ4v) is 10.8. The maximum absolute atomic E-state index is 12.4. The molecule has 0 bridgehead atoms. The third kappa shape index (κ3) is 61.8. The van der Waals surface area contributed by atoms with E-state index in [1.54, 1.807) is 0 Å². The molecule has 458 valence electrons. The van der Waals surface area contributed by atoms with Gasteiger partial charge >= 0.3 is 17.9 Å². The molecule has 0 amide bonds. The van der Waals surface area contributed by atoms with Crippen LogP contribution in [-0.4, -0.2) is 98.5 Å². The summed E-state index contributed by atoms with van der Waals surface area (Å²) >= 11 is 0. The third-order valence-electron chi connectivity index (χ3n) is 16.0. The molecular weight excluding hydrogens is 957 g/mol. The van der Waals surface area contributed by atoms with E-state index < -0.39 is 0 Å².